The first-order valence-electron chi connectivity index (χ1n) is 16.6. The maximum absolute atomic E-state index is 13.9. The van der Waals surface area contributed by atoms with Crippen LogP contribution in [-0.2, 0) is 10.2 Å². The van der Waals surface area contributed by atoms with Gasteiger partial charge in [-0.1, -0.05) is 18.2 Å². The van der Waals surface area contributed by atoms with Crippen LogP contribution in [0.25, 0.3) is 0 Å². The lowest BCUT2D eigenvalue weighted by molar-refractivity contribution is -0.122. The van der Waals surface area contributed by atoms with Gasteiger partial charge in [0.15, 0.2) is 11.6 Å². The lowest BCUT2D eigenvalue weighted by Crippen LogP contribution is -2.50. The van der Waals surface area contributed by atoms with E-state index in [9.17, 15) is 23.2 Å². The molecule has 0 saturated carbocycles. The summed E-state index contributed by atoms with van der Waals surface area (Å²) in [7, 11) is 0. The molecular weight excluding hydrogens is 584 g/mol. The van der Waals surface area contributed by atoms with Crippen LogP contribution in [0.5, 0.6) is 0 Å². The summed E-state index contributed by atoms with van der Waals surface area (Å²) in [6.07, 6.45) is 4.26. The van der Waals surface area contributed by atoms with Crippen molar-refractivity contribution in [3.63, 3.8) is 0 Å². The van der Waals surface area contributed by atoms with E-state index in [4.69, 9.17) is 0 Å². The first-order chi connectivity index (χ1) is 22.1. The Labute approximate surface area is 270 Å². The third-order valence-corrected chi connectivity index (χ3v) is 10.7. The fourth-order valence-corrected chi connectivity index (χ4v) is 8.03. The zero-order valence-electron chi connectivity index (χ0n) is 26.7. The molecule has 242 valence electrons. The molecule has 6 rings (SSSR count). The summed E-state index contributed by atoms with van der Waals surface area (Å²) in [6.45, 7) is 7.45. The highest BCUT2D eigenvalue weighted by atomic mass is 19.1. The van der Waals surface area contributed by atoms with E-state index in [1.165, 1.54) is 24.3 Å². The number of likely N-dealkylation sites (tertiary alicyclic amines) is 2. The highest BCUT2D eigenvalue weighted by Crippen LogP contribution is 2.46. The fourth-order valence-electron chi connectivity index (χ4n) is 8.03. The molecule has 1 amide bonds. The van der Waals surface area contributed by atoms with E-state index >= 15 is 0 Å². The summed E-state index contributed by atoms with van der Waals surface area (Å²) < 4.78 is 26.8. The van der Waals surface area contributed by atoms with Crippen LogP contribution in [-0.4, -0.2) is 65.5 Å². The number of nitrogens with one attached hydrogen (secondary N) is 1. The van der Waals surface area contributed by atoms with Crippen molar-refractivity contribution >= 4 is 23.2 Å². The van der Waals surface area contributed by atoms with Crippen LogP contribution in [0.3, 0.4) is 0 Å². The van der Waals surface area contributed by atoms with Crippen LogP contribution in [0.1, 0.15) is 78.7 Å². The molecule has 6 nitrogen and oxygen atoms in total. The molecule has 2 saturated heterocycles. The number of hydrogen-bond acceptors (Lipinski definition) is 5. The summed E-state index contributed by atoms with van der Waals surface area (Å²) in [4.78, 5) is 44.9. The SMILES string of the molecule is CC(CC1(CC(C)N2CCC(C(=O)c3ccc(F)cc3)CC2)C(=O)Nc2ccccc21)N1CCC(C(=O)c2ccc(F)cc2)CC1. The van der Waals surface area contributed by atoms with E-state index in [-0.39, 0.29) is 53.0 Å². The molecule has 0 spiro atoms. The summed E-state index contributed by atoms with van der Waals surface area (Å²) >= 11 is 0. The molecule has 3 heterocycles. The number of halogens is 2. The molecule has 2 atom stereocenters. The van der Waals surface area contributed by atoms with E-state index in [0.717, 1.165) is 63.1 Å². The van der Waals surface area contributed by atoms with Gasteiger partial charge in [0.05, 0.1) is 5.41 Å². The molecule has 8 heteroatoms. The molecule has 3 aliphatic heterocycles. The van der Waals surface area contributed by atoms with Gasteiger partial charge in [-0.2, -0.15) is 0 Å². The number of nitrogens with zero attached hydrogens (tertiary/aromatic N) is 2. The van der Waals surface area contributed by atoms with Gasteiger partial charge in [-0.15, -0.1) is 0 Å². The first kappa shape index (κ1) is 32.2. The van der Waals surface area contributed by atoms with Gasteiger partial charge in [0.2, 0.25) is 5.91 Å². The Hall–Kier alpha value is -3.75. The van der Waals surface area contributed by atoms with Crippen molar-refractivity contribution in [2.24, 2.45) is 11.8 Å². The Morgan fingerprint density at radius 2 is 1.13 bits per heavy atom. The maximum Gasteiger partial charge on any atom is 0.235 e. The van der Waals surface area contributed by atoms with Crippen LogP contribution < -0.4 is 5.32 Å². The average Bonchev–Trinajstić information content (AvgIpc) is 3.34. The normalized spacial score (nSPS) is 22.7. The first-order valence-corrected chi connectivity index (χ1v) is 16.6. The molecule has 0 bridgehead atoms. The molecule has 0 aromatic heterocycles. The summed E-state index contributed by atoms with van der Waals surface area (Å²) in [5.74, 6) is -0.679. The summed E-state index contributed by atoms with van der Waals surface area (Å²) in [5.41, 5.74) is 2.34. The van der Waals surface area contributed by atoms with Crippen molar-refractivity contribution in [2.75, 3.05) is 31.5 Å². The number of anilines is 1. The molecular formula is C38H43F2N3O3. The molecule has 1 N–H and O–H groups in total. The van der Waals surface area contributed by atoms with Crippen LogP contribution in [0, 0.1) is 23.5 Å². The van der Waals surface area contributed by atoms with Gasteiger partial charge in [0.25, 0.3) is 0 Å². The Morgan fingerprint density at radius 1 is 0.717 bits per heavy atom. The third-order valence-electron chi connectivity index (χ3n) is 10.7. The molecule has 3 aliphatic rings. The molecule has 46 heavy (non-hydrogen) atoms. The van der Waals surface area contributed by atoms with Crippen molar-refractivity contribution < 1.29 is 23.2 Å². The van der Waals surface area contributed by atoms with Gasteiger partial charge < -0.3 is 15.1 Å². The molecule has 2 unspecified atom stereocenters. The molecule has 0 aliphatic carbocycles. The molecule has 3 aromatic rings. The number of benzene rings is 3. The standard InChI is InChI=1S/C38H43F2N3O3/c1-25(42-19-15-29(16-20-42)35(44)27-7-11-31(39)12-8-27)23-38(33-5-3-4-6-34(33)41-37(38)46)24-26(2)43-21-17-30(18-22-43)36(45)28-9-13-32(40)14-10-28/h3-14,25-26,29-30H,15-24H2,1-2H3,(H,41,46). The number of fused-ring (bicyclic) bond motifs is 1. The predicted molar refractivity (Wildman–Crippen MR) is 175 cm³/mol. The monoisotopic (exact) mass is 627 g/mol. The lowest BCUT2D eigenvalue weighted by atomic mass is 9.71. The fraction of sp³-hybridized carbons (Fsp3) is 0.447. The van der Waals surface area contributed by atoms with Crippen LogP contribution in [0.4, 0.5) is 14.5 Å². The quantitative estimate of drug-likeness (QED) is 0.248. The van der Waals surface area contributed by atoms with E-state index in [1.54, 1.807) is 24.3 Å². The van der Waals surface area contributed by atoms with Crippen molar-refractivity contribution in [3.8, 4) is 0 Å². The Kier molecular flexibility index (Phi) is 9.48. The van der Waals surface area contributed by atoms with Gasteiger partial charge in [0.1, 0.15) is 11.6 Å². The zero-order chi connectivity index (χ0) is 32.4. The Morgan fingerprint density at radius 3 is 1.57 bits per heavy atom. The number of para-hydroxylation sites is 1. The van der Waals surface area contributed by atoms with Crippen LogP contribution in [0.15, 0.2) is 72.8 Å². The smallest absolute Gasteiger partial charge is 0.235 e. The highest BCUT2D eigenvalue weighted by Gasteiger charge is 2.49. The van der Waals surface area contributed by atoms with Gasteiger partial charge in [0, 0.05) is 40.7 Å². The van der Waals surface area contributed by atoms with Crippen LogP contribution in [0.2, 0.25) is 0 Å². The van der Waals surface area contributed by atoms with E-state index in [1.807, 2.05) is 18.2 Å². The highest BCUT2D eigenvalue weighted by molar-refractivity contribution is 6.06. The predicted octanol–water partition coefficient (Wildman–Crippen LogP) is 6.90. The summed E-state index contributed by atoms with van der Waals surface area (Å²) in [6, 6.07) is 19.9. The largest absolute Gasteiger partial charge is 0.325 e. The molecule has 0 radical (unpaired) electrons. The third kappa shape index (κ3) is 6.56. The minimum Gasteiger partial charge on any atom is -0.325 e. The minimum atomic E-state index is -0.697. The Bertz CT molecular complexity index is 1470. The second kappa shape index (κ2) is 13.5. The van der Waals surface area contributed by atoms with E-state index < -0.39 is 5.41 Å². The van der Waals surface area contributed by atoms with E-state index in [2.05, 4.69) is 35.0 Å². The number of hydrogen-bond donors (Lipinski definition) is 1. The number of piperidine rings is 2. The second-order valence-corrected chi connectivity index (χ2v) is 13.6. The zero-order valence-corrected chi connectivity index (χ0v) is 26.7. The van der Waals surface area contributed by atoms with Gasteiger partial charge in [-0.3, -0.25) is 14.4 Å². The second-order valence-electron chi connectivity index (χ2n) is 13.6. The number of ketones is 2. The van der Waals surface area contributed by atoms with Crippen molar-refractivity contribution in [2.45, 2.75) is 69.9 Å². The van der Waals surface area contributed by atoms with Gasteiger partial charge in [-0.25, -0.2) is 8.78 Å². The van der Waals surface area contributed by atoms with Crippen LogP contribution >= 0.6 is 0 Å². The van der Waals surface area contributed by atoms with Crippen molar-refractivity contribution in [1.29, 1.82) is 0 Å². The van der Waals surface area contributed by atoms with Crippen molar-refractivity contribution in [1.82, 2.24) is 9.80 Å². The number of carbonyl (C=O) groups is 3. The molecule has 2 fully saturated rings. The minimum absolute atomic E-state index is 0.0372. The lowest BCUT2D eigenvalue weighted by Gasteiger charge is -2.42. The van der Waals surface area contributed by atoms with Gasteiger partial charge >= 0.3 is 0 Å². The number of carbonyl (C=O) groups excluding carboxylic acids is 3. The van der Waals surface area contributed by atoms with E-state index in [0.29, 0.717) is 24.0 Å². The van der Waals surface area contributed by atoms with Crippen molar-refractivity contribution in [3.05, 3.63) is 101 Å². The Balaban J connectivity index is 1.11. The number of rotatable bonds is 10. The summed E-state index contributed by atoms with van der Waals surface area (Å²) in [5, 5.41) is 3.17. The molecule has 3 aromatic carbocycles. The number of amides is 1. The maximum atomic E-state index is 13.9. The van der Waals surface area contributed by atoms with Gasteiger partial charge in [-0.05, 0) is 139 Å². The number of Topliss-reactive ketones (excluding diaryl/α,β-unsaturated/α-hetero) is 2. The average molecular weight is 628 g/mol. The topological polar surface area (TPSA) is 69.7 Å².